The lowest BCUT2D eigenvalue weighted by Crippen LogP contribution is -2.27. The van der Waals surface area contributed by atoms with Crippen molar-refractivity contribution in [3.05, 3.63) is 23.3 Å². The number of rotatable bonds is 10. The fraction of sp³-hybridized carbons (Fsp3) is 0.526. The van der Waals surface area contributed by atoms with E-state index < -0.39 is 12.0 Å². The van der Waals surface area contributed by atoms with Crippen LogP contribution in [0.25, 0.3) is 0 Å². The molecular formula is C19H28N2O4S. The fourth-order valence-corrected chi connectivity index (χ4v) is 2.65. The molecule has 1 N–H and O–H groups in total. The Morgan fingerprint density at radius 2 is 2.04 bits per heavy atom. The summed E-state index contributed by atoms with van der Waals surface area (Å²) in [7, 11) is 2.82. The van der Waals surface area contributed by atoms with E-state index in [-0.39, 0.29) is 11.5 Å². The van der Waals surface area contributed by atoms with E-state index in [2.05, 4.69) is 22.9 Å². The van der Waals surface area contributed by atoms with Crippen molar-refractivity contribution in [1.29, 1.82) is 0 Å². The van der Waals surface area contributed by atoms with E-state index in [9.17, 15) is 9.59 Å². The molecule has 1 amide bonds. The summed E-state index contributed by atoms with van der Waals surface area (Å²) >= 11 is 4.17. The number of hydrogen-bond donors (Lipinski definition) is 2. The number of carbonyl (C=O) groups excluding carboxylic acids is 2. The highest BCUT2D eigenvalue weighted by Crippen LogP contribution is 2.28. The molecule has 0 heterocycles. The van der Waals surface area contributed by atoms with Gasteiger partial charge in [-0.25, -0.2) is 4.79 Å². The lowest BCUT2D eigenvalue weighted by atomic mass is 10.1. The molecule has 1 rings (SSSR count). The van der Waals surface area contributed by atoms with Gasteiger partial charge >= 0.3 is 5.97 Å². The van der Waals surface area contributed by atoms with Crippen LogP contribution in [0.2, 0.25) is 0 Å². The van der Waals surface area contributed by atoms with Crippen LogP contribution in [0.4, 0.5) is 5.69 Å². The van der Waals surface area contributed by atoms with E-state index in [4.69, 9.17) is 9.47 Å². The van der Waals surface area contributed by atoms with Crippen molar-refractivity contribution in [2.45, 2.75) is 45.6 Å². The normalized spacial score (nSPS) is 12.0. The van der Waals surface area contributed by atoms with Gasteiger partial charge in [0.05, 0.1) is 25.5 Å². The molecule has 0 aliphatic heterocycles. The number of thiol groups is 1. The highest BCUT2D eigenvalue weighted by atomic mass is 32.1. The van der Waals surface area contributed by atoms with Gasteiger partial charge in [0, 0.05) is 0 Å². The summed E-state index contributed by atoms with van der Waals surface area (Å²) in [6.45, 7) is 3.70. The van der Waals surface area contributed by atoms with Gasteiger partial charge in [0.15, 0.2) is 0 Å². The van der Waals surface area contributed by atoms with E-state index in [1.54, 1.807) is 25.3 Å². The number of nitrogens with one attached hydrogen (secondary N) is 1. The molecule has 0 spiro atoms. The van der Waals surface area contributed by atoms with Gasteiger partial charge in [-0.2, -0.15) is 12.6 Å². The zero-order chi connectivity index (χ0) is 19.5. The Hall–Kier alpha value is -2.02. The molecule has 0 radical (unpaired) electrons. The number of aliphatic imine (C=N–C) groups is 1. The van der Waals surface area contributed by atoms with Crippen molar-refractivity contribution in [1.82, 2.24) is 0 Å². The molecule has 1 aromatic rings. The molecule has 0 aliphatic carbocycles. The second kappa shape index (κ2) is 11.6. The number of ether oxygens (including phenoxy) is 2. The zero-order valence-corrected chi connectivity index (χ0v) is 16.8. The minimum atomic E-state index is -0.536. The van der Waals surface area contributed by atoms with E-state index >= 15 is 0 Å². The Morgan fingerprint density at radius 3 is 2.62 bits per heavy atom. The smallest absolute Gasteiger partial charge is 0.340 e. The average molecular weight is 381 g/mol. The predicted octanol–water partition coefficient (Wildman–Crippen LogP) is 3.68. The van der Waals surface area contributed by atoms with Gasteiger partial charge in [0.2, 0.25) is 5.91 Å². The summed E-state index contributed by atoms with van der Waals surface area (Å²) in [4.78, 5) is 29.1. The summed E-state index contributed by atoms with van der Waals surface area (Å²) in [5, 5.41) is 2.83. The molecule has 0 aliphatic rings. The summed E-state index contributed by atoms with van der Waals surface area (Å²) < 4.78 is 10.0. The summed E-state index contributed by atoms with van der Waals surface area (Å²) in [5.74, 6) is 0.579. The third-order valence-electron chi connectivity index (χ3n) is 3.91. The van der Waals surface area contributed by atoms with Gasteiger partial charge in [0.25, 0.3) is 0 Å². The number of aryl methyl sites for hydroxylation is 1. The number of carbonyl (C=O) groups is 2. The van der Waals surface area contributed by atoms with E-state index in [1.165, 1.54) is 14.2 Å². The molecule has 7 heteroatoms. The van der Waals surface area contributed by atoms with Gasteiger partial charge in [-0.15, -0.1) is 0 Å². The standard InChI is InChI=1S/C19H28N2O4S/c1-5-16(20-9-7-6-8-10-26)18(22)21-17-13(2)11-14(24-3)12-15(17)19(23)25-4/h9,11-12,16,26H,5-8,10H2,1-4H3,(H,21,22). The number of hydrogen-bond acceptors (Lipinski definition) is 6. The first kappa shape index (κ1) is 22.0. The van der Waals surface area contributed by atoms with Crippen LogP contribution < -0.4 is 10.1 Å². The largest absolute Gasteiger partial charge is 0.497 e. The zero-order valence-electron chi connectivity index (χ0n) is 15.9. The predicted molar refractivity (Wildman–Crippen MR) is 108 cm³/mol. The lowest BCUT2D eigenvalue weighted by molar-refractivity contribution is -0.117. The van der Waals surface area contributed by atoms with Crippen molar-refractivity contribution < 1.29 is 19.1 Å². The average Bonchev–Trinajstić information content (AvgIpc) is 2.65. The number of amides is 1. The highest BCUT2D eigenvalue weighted by molar-refractivity contribution is 7.80. The monoisotopic (exact) mass is 380 g/mol. The number of nitrogens with zero attached hydrogens (tertiary/aromatic N) is 1. The Bertz CT molecular complexity index is 647. The SMILES string of the molecule is CCC(N=CCCCCS)C(=O)Nc1c(C)cc(OC)cc1C(=O)OC. The lowest BCUT2D eigenvalue weighted by Gasteiger charge is -2.16. The van der Waals surface area contributed by atoms with Crippen LogP contribution in [0.5, 0.6) is 5.75 Å². The van der Waals surface area contributed by atoms with Crippen molar-refractivity contribution in [2.24, 2.45) is 4.99 Å². The topological polar surface area (TPSA) is 77.0 Å². The maximum absolute atomic E-state index is 12.6. The Balaban J connectivity index is 2.97. The molecule has 0 bridgehead atoms. The second-order valence-corrected chi connectivity index (χ2v) is 6.27. The number of benzene rings is 1. The van der Waals surface area contributed by atoms with Crippen LogP contribution in [-0.4, -0.2) is 44.1 Å². The molecule has 144 valence electrons. The molecule has 0 aromatic heterocycles. The van der Waals surface area contributed by atoms with E-state index in [0.29, 0.717) is 23.4 Å². The summed E-state index contributed by atoms with van der Waals surface area (Å²) in [6, 6.07) is 2.80. The molecule has 0 saturated heterocycles. The van der Waals surface area contributed by atoms with Crippen molar-refractivity contribution in [2.75, 3.05) is 25.3 Å². The maximum atomic E-state index is 12.6. The van der Waals surface area contributed by atoms with Gasteiger partial charge in [-0.3, -0.25) is 9.79 Å². The first-order valence-electron chi connectivity index (χ1n) is 8.68. The highest BCUT2D eigenvalue weighted by Gasteiger charge is 2.21. The van der Waals surface area contributed by atoms with Crippen LogP contribution in [0, 0.1) is 6.92 Å². The number of methoxy groups -OCH3 is 2. The van der Waals surface area contributed by atoms with Gasteiger partial charge in [-0.05, 0) is 62.3 Å². The van der Waals surface area contributed by atoms with Gasteiger partial charge < -0.3 is 14.8 Å². The Morgan fingerprint density at radius 1 is 1.31 bits per heavy atom. The minimum Gasteiger partial charge on any atom is -0.497 e. The van der Waals surface area contributed by atoms with Crippen LogP contribution >= 0.6 is 12.6 Å². The Labute approximate surface area is 160 Å². The van der Waals surface area contributed by atoms with Crippen molar-refractivity contribution >= 4 is 36.4 Å². The molecule has 0 fully saturated rings. The Kier molecular flexibility index (Phi) is 9.80. The maximum Gasteiger partial charge on any atom is 0.340 e. The number of anilines is 1. The second-order valence-electron chi connectivity index (χ2n) is 5.82. The van der Waals surface area contributed by atoms with Gasteiger partial charge in [0.1, 0.15) is 11.8 Å². The number of esters is 1. The van der Waals surface area contributed by atoms with E-state index in [0.717, 1.165) is 25.0 Å². The summed E-state index contributed by atoms with van der Waals surface area (Å²) in [5.41, 5.74) is 1.39. The first-order chi connectivity index (χ1) is 12.5. The molecule has 1 aromatic carbocycles. The molecule has 26 heavy (non-hydrogen) atoms. The quantitative estimate of drug-likeness (QED) is 0.281. The molecule has 0 saturated carbocycles. The van der Waals surface area contributed by atoms with Crippen LogP contribution in [0.1, 0.15) is 48.5 Å². The van der Waals surface area contributed by atoms with Crippen LogP contribution in [0.3, 0.4) is 0 Å². The third kappa shape index (κ3) is 6.37. The van der Waals surface area contributed by atoms with Gasteiger partial charge in [-0.1, -0.05) is 6.92 Å². The molecule has 1 unspecified atom stereocenters. The van der Waals surface area contributed by atoms with Crippen molar-refractivity contribution in [3.63, 3.8) is 0 Å². The molecule has 1 atom stereocenters. The minimum absolute atomic E-state index is 0.253. The fourth-order valence-electron chi connectivity index (χ4n) is 2.42. The molecule has 6 nitrogen and oxygen atoms in total. The summed E-state index contributed by atoms with van der Waals surface area (Å²) in [6.07, 6.45) is 5.19. The van der Waals surface area contributed by atoms with Crippen molar-refractivity contribution in [3.8, 4) is 5.75 Å². The van der Waals surface area contributed by atoms with Crippen LogP contribution in [-0.2, 0) is 9.53 Å². The first-order valence-corrected chi connectivity index (χ1v) is 9.32. The van der Waals surface area contributed by atoms with Crippen LogP contribution in [0.15, 0.2) is 17.1 Å². The number of unbranched alkanes of at least 4 members (excludes halogenated alkanes) is 2. The van der Waals surface area contributed by atoms with E-state index in [1.807, 2.05) is 6.92 Å². The molecular weight excluding hydrogens is 352 g/mol. The third-order valence-corrected chi connectivity index (χ3v) is 4.23.